The van der Waals surface area contributed by atoms with Crippen molar-refractivity contribution < 1.29 is 4.79 Å². The molecule has 26 heavy (non-hydrogen) atoms. The van der Waals surface area contributed by atoms with E-state index < -0.39 is 0 Å². The number of para-hydroxylation sites is 1. The highest BCUT2D eigenvalue weighted by molar-refractivity contribution is 7.18. The summed E-state index contributed by atoms with van der Waals surface area (Å²) in [5.41, 5.74) is 1.94. The normalized spacial score (nSPS) is 15.8. The van der Waals surface area contributed by atoms with Crippen LogP contribution in [0.1, 0.15) is 29.3 Å². The van der Waals surface area contributed by atoms with Crippen molar-refractivity contribution in [2.45, 2.75) is 18.8 Å². The van der Waals surface area contributed by atoms with E-state index in [-0.39, 0.29) is 5.91 Å². The number of thiazole rings is 1. The second-order valence-corrected chi connectivity index (χ2v) is 7.94. The molecule has 4 rings (SSSR count). The molecule has 3 nitrogen and oxygen atoms in total. The average Bonchev–Trinajstić information content (AvgIpc) is 3.11. The van der Waals surface area contributed by atoms with E-state index in [0.29, 0.717) is 10.9 Å². The highest BCUT2D eigenvalue weighted by atomic mass is 35.5. The number of hydrogen-bond acceptors (Lipinski definition) is 3. The van der Waals surface area contributed by atoms with Gasteiger partial charge in [0.1, 0.15) is 0 Å². The van der Waals surface area contributed by atoms with Gasteiger partial charge in [-0.05, 0) is 42.7 Å². The van der Waals surface area contributed by atoms with Crippen LogP contribution in [0.4, 0.5) is 0 Å². The third kappa shape index (κ3) is 3.67. The third-order valence-electron chi connectivity index (χ3n) is 4.78. The number of piperidine rings is 1. The minimum Gasteiger partial charge on any atom is -0.339 e. The van der Waals surface area contributed by atoms with E-state index in [1.807, 2.05) is 35.2 Å². The molecule has 1 saturated heterocycles. The van der Waals surface area contributed by atoms with Crippen molar-refractivity contribution >= 4 is 45.1 Å². The first-order chi connectivity index (χ1) is 12.7. The number of amides is 1. The summed E-state index contributed by atoms with van der Waals surface area (Å²) in [5, 5.41) is 1.86. The van der Waals surface area contributed by atoms with Gasteiger partial charge in [0.2, 0.25) is 5.91 Å². The molecule has 0 spiro atoms. The summed E-state index contributed by atoms with van der Waals surface area (Å²) in [7, 11) is 0. The molecule has 1 amide bonds. The van der Waals surface area contributed by atoms with E-state index in [9.17, 15) is 4.79 Å². The van der Waals surface area contributed by atoms with Gasteiger partial charge in [0.05, 0.1) is 15.2 Å². The van der Waals surface area contributed by atoms with Crippen LogP contribution in [0, 0.1) is 0 Å². The van der Waals surface area contributed by atoms with Crippen molar-refractivity contribution in [3.63, 3.8) is 0 Å². The fourth-order valence-electron chi connectivity index (χ4n) is 3.29. The number of carbonyl (C=O) groups excluding carboxylic acids is 1. The number of rotatable bonds is 3. The molecule has 0 radical (unpaired) electrons. The van der Waals surface area contributed by atoms with Gasteiger partial charge in [-0.3, -0.25) is 4.79 Å². The Hall–Kier alpha value is -2.17. The van der Waals surface area contributed by atoms with E-state index in [1.165, 1.54) is 9.71 Å². The number of halogens is 1. The zero-order chi connectivity index (χ0) is 17.9. The molecular weight excluding hydrogens is 364 g/mol. The molecular formula is C21H19ClN2OS. The molecule has 0 aliphatic carbocycles. The van der Waals surface area contributed by atoms with Gasteiger partial charge in [-0.1, -0.05) is 41.9 Å². The summed E-state index contributed by atoms with van der Waals surface area (Å²) in [6, 6.07) is 15.8. The first-order valence-electron chi connectivity index (χ1n) is 8.78. The zero-order valence-corrected chi connectivity index (χ0v) is 15.8. The third-order valence-corrected chi connectivity index (χ3v) is 6.32. The summed E-state index contributed by atoms with van der Waals surface area (Å²) in [5.74, 6) is 0.497. The molecule has 0 saturated carbocycles. The second kappa shape index (κ2) is 7.60. The maximum Gasteiger partial charge on any atom is 0.246 e. The van der Waals surface area contributed by atoms with Gasteiger partial charge in [-0.15, -0.1) is 11.3 Å². The first-order valence-corrected chi connectivity index (χ1v) is 9.97. The van der Waals surface area contributed by atoms with E-state index in [4.69, 9.17) is 16.6 Å². The molecule has 3 aromatic rings. The lowest BCUT2D eigenvalue weighted by Crippen LogP contribution is -2.36. The minimum absolute atomic E-state index is 0.0488. The zero-order valence-electron chi connectivity index (χ0n) is 14.3. The van der Waals surface area contributed by atoms with Crippen molar-refractivity contribution in [1.82, 2.24) is 9.88 Å². The predicted octanol–water partition coefficient (Wildman–Crippen LogP) is 5.37. The Labute approximate surface area is 161 Å². The number of aromatic nitrogens is 1. The predicted molar refractivity (Wildman–Crippen MR) is 109 cm³/mol. The lowest BCUT2D eigenvalue weighted by Gasteiger charge is -2.30. The van der Waals surface area contributed by atoms with Crippen molar-refractivity contribution in [1.29, 1.82) is 0 Å². The van der Waals surface area contributed by atoms with Gasteiger partial charge < -0.3 is 4.90 Å². The van der Waals surface area contributed by atoms with Crippen LogP contribution >= 0.6 is 22.9 Å². The van der Waals surface area contributed by atoms with Crippen LogP contribution in [0.3, 0.4) is 0 Å². The monoisotopic (exact) mass is 382 g/mol. The summed E-state index contributed by atoms with van der Waals surface area (Å²) >= 11 is 7.91. The molecule has 0 bridgehead atoms. The summed E-state index contributed by atoms with van der Waals surface area (Å²) in [6.07, 6.45) is 5.35. The average molecular weight is 383 g/mol. The van der Waals surface area contributed by atoms with Crippen LogP contribution < -0.4 is 0 Å². The molecule has 5 heteroatoms. The van der Waals surface area contributed by atoms with Crippen LogP contribution in [-0.4, -0.2) is 28.9 Å². The topological polar surface area (TPSA) is 33.2 Å². The van der Waals surface area contributed by atoms with Crippen LogP contribution in [-0.2, 0) is 4.79 Å². The van der Waals surface area contributed by atoms with Crippen LogP contribution in [0.15, 0.2) is 54.6 Å². The van der Waals surface area contributed by atoms with Gasteiger partial charge in [-0.25, -0.2) is 4.98 Å². The molecule has 2 heterocycles. The standard InChI is InChI=1S/C21H19ClN2OS/c22-17-6-2-1-5-15(17)9-10-20(25)24-13-11-16(12-14-24)21-23-18-7-3-4-8-19(18)26-21/h1-10,16H,11-14H2/b10-9+. The van der Waals surface area contributed by atoms with E-state index in [2.05, 4.69) is 18.2 Å². The molecule has 1 aliphatic rings. The molecule has 0 N–H and O–H groups in total. The Morgan fingerprint density at radius 1 is 1.12 bits per heavy atom. The lowest BCUT2D eigenvalue weighted by atomic mass is 9.97. The largest absolute Gasteiger partial charge is 0.339 e. The van der Waals surface area contributed by atoms with Gasteiger partial charge in [0.15, 0.2) is 0 Å². The number of benzene rings is 2. The summed E-state index contributed by atoms with van der Waals surface area (Å²) in [6.45, 7) is 1.54. The highest BCUT2D eigenvalue weighted by Crippen LogP contribution is 2.33. The van der Waals surface area contributed by atoms with Gasteiger partial charge in [0.25, 0.3) is 0 Å². The van der Waals surface area contributed by atoms with Crippen LogP contribution in [0.25, 0.3) is 16.3 Å². The maximum atomic E-state index is 12.4. The van der Waals surface area contributed by atoms with Gasteiger partial charge in [-0.2, -0.15) is 0 Å². The summed E-state index contributed by atoms with van der Waals surface area (Å²) in [4.78, 5) is 19.1. The fourth-order valence-corrected chi connectivity index (χ4v) is 4.62. The van der Waals surface area contributed by atoms with Crippen molar-refractivity contribution in [3.05, 3.63) is 70.2 Å². The van der Waals surface area contributed by atoms with E-state index in [0.717, 1.165) is 37.0 Å². The van der Waals surface area contributed by atoms with E-state index >= 15 is 0 Å². The van der Waals surface area contributed by atoms with Gasteiger partial charge in [0, 0.05) is 30.1 Å². The molecule has 132 valence electrons. The molecule has 1 aromatic heterocycles. The summed E-state index contributed by atoms with van der Waals surface area (Å²) < 4.78 is 1.24. The second-order valence-electron chi connectivity index (χ2n) is 6.47. The number of carbonyl (C=O) groups is 1. The Morgan fingerprint density at radius 3 is 2.62 bits per heavy atom. The van der Waals surface area contributed by atoms with Crippen LogP contribution in [0.5, 0.6) is 0 Å². The van der Waals surface area contributed by atoms with Crippen molar-refractivity contribution in [2.75, 3.05) is 13.1 Å². The van der Waals surface area contributed by atoms with Crippen molar-refractivity contribution in [3.8, 4) is 0 Å². The molecule has 0 atom stereocenters. The molecule has 1 aliphatic heterocycles. The Kier molecular flexibility index (Phi) is 5.05. The number of fused-ring (bicyclic) bond motifs is 1. The fraction of sp³-hybridized carbons (Fsp3) is 0.238. The SMILES string of the molecule is O=C(/C=C/c1ccccc1Cl)N1CCC(c2nc3ccccc3s2)CC1. The van der Waals surface area contributed by atoms with Crippen molar-refractivity contribution in [2.24, 2.45) is 0 Å². The Morgan fingerprint density at radius 2 is 1.85 bits per heavy atom. The Balaban J connectivity index is 1.38. The Bertz CT molecular complexity index is 924. The van der Waals surface area contributed by atoms with Gasteiger partial charge >= 0.3 is 0 Å². The van der Waals surface area contributed by atoms with E-state index in [1.54, 1.807) is 23.5 Å². The maximum absolute atomic E-state index is 12.4. The highest BCUT2D eigenvalue weighted by Gasteiger charge is 2.25. The number of nitrogens with zero attached hydrogens (tertiary/aromatic N) is 2. The van der Waals surface area contributed by atoms with Crippen LogP contribution in [0.2, 0.25) is 5.02 Å². The first kappa shape index (κ1) is 17.3. The quantitative estimate of drug-likeness (QED) is 0.570. The minimum atomic E-state index is 0.0488. The number of hydrogen-bond donors (Lipinski definition) is 0. The molecule has 0 unspecified atom stereocenters. The molecule has 2 aromatic carbocycles. The number of likely N-dealkylation sites (tertiary alicyclic amines) is 1. The smallest absolute Gasteiger partial charge is 0.246 e. The lowest BCUT2D eigenvalue weighted by molar-refractivity contribution is -0.126. The molecule has 1 fully saturated rings.